The average molecular weight is 242 g/mol. The number of thioether (sulfide) groups is 1. The van der Waals surface area contributed by atoms with Crippen LogP contribution in [0.1, 0.15) is 19.8 Å². The molecule has 0 spiro atoms. The quantitative estimate of drug-likeness (QED) is 0.729. The zero-order valence-corrected chi connectivity index (χ0v) is 11.0. The van der Waals surface area contributed by atoms with E-state index in [1.165, 1.54) is 12.2 Å². The van der Waals surface area contributed by atoms with E-state index in [4.69, 9.17) is 0 Å². The number of rotatable bonds is 2. The fourth-order valence-corrected chi connectivity index (χ4v) is 3.61. The largest absolute Gasteiger partial charge is 0.340 e. The fraction of sp³-hybridized carbons (Fsp3) is 0.917. The molecule has 1 atom stereocenters. The molecule has 16 heavy (non-hydrogen) atoms. The minimum Gasteiger partial charge on any atom is -0.340 e. The van der Waals surface area contributed by atoms with Gasteiger partial charge >= 0.3 is 0 Å². The van der Waals surface area contributed by atoms with Crippen LogP contribution in [0.4, 0.5) is 0 Å². The number of carbonyl (C=O) groups excluding carboxylic acids is 1. The standard InChI is InChI=1S/C12H22N2OS/c1-2-13-5-7-14(8-6-13)12(15)11-4-3-9-16-10-11/h11H,2-10H2,1H3. The van der Waals surface area contributed by atoms with Gasteiger partial charge in [0.05, 0.1) is 0 Å². The molecule has 1 unspecified atom stereocenters. The molecule has 1 amide bonds. The second-order valence-corrected chi connectivity index (χ2v) is 5.82. The van der Waals surface area contributed by atoms with Crippen molar-refractivity contribution < 1.29 is 4.79 Å². The van der Waals surface area contributed by atoms with Gasteiger partial charge in [-0.05, 0) is 25.1 Å². The Kier molecular flexibility index (Phi) is 4.53. The van der Waals surface area contributed by atoms with Crippen molar-refractivity contribution in [3.8, 4) is 0 Å². The van der Waals surface area contributed by atoms with E-state index in [-0.39, 0.29) is 0 Å². The van der Waals surface area contributed by atoms with E-state index in [9.17, 15) is 4.79 Å². The average Bonchev–Trinajstić information content (AvgIpc) is 2.39. The van der Waals surface area contributed by atoms with E-state index in [2.05, 4.69) is 16.7 Å². The summed E-state index contributed by atoms with van der Waals surface area (Å²) in [4.78, 5) is 16.7. The molecule has 2 heterocycles. The second-order valence-electron chi connectivity index (χ2n) is 4.67. The predicted octanol–water partition coefficient (Wildman–Crippen LogP) is 1.29. The molecule has 0 aromatic rings. The Labute approximate surface area is 103 Å². The first kappa shape index (κ1) is 12.2. The van der Waals surface area contributed by atoms with Crippen LogP contribution in [-0.4, -0.2) is 59.9 Å². The molecule has 0 radical (unpaired) electrons. The van der Waals surface area contributed by atoms with Crippen LogP contribution in [0.5, 0.6) is 0 Å². The van der Waals surface area contributed by atoms with Gasteiger partial charge in [0.15, 0.2) is 0 Å². The van der Waals surface area contributed by atoms with Crippen molar-refractivity contribution in [2.75, 3.05) is 44.2 Å². The molecule has 0 aromatic carbocycles. The Hall–Kier alpha value is -0.220. The first-order valence-corrected chi connectivity index (χ1v) is 7.55. The molecule has 2 rings (SSSR count). The van der Waals surface area contributed by atoms with Crippen LogP contribution in [0, 0.1) is 5.92 Å². The molecule has 0 bridgehead atoms. The molecule has 2 aliphatic rings. The van der Waals surface area contributed by atoms with E-state index >= 15 is 0 Å². The molecule has 4 heteroatoms. The van der Waals surface area contributed by atoms with Crippen LogP contribution < -0.4 is 0 Å². The molecule has 0 aromatic heterocycles. The van der Waals surface area contributed by atoms with Gasteiger partial charge in [-0.3, -0.25) is 4.79 Å². The zero-order chi connectivity index (χ0) is 11.4. The summed E-state index contributed by atoms with van der Waals surface area (Å²) in [5, 5.41) is 0. The Balaban J connectivity index is 1.81. The van der Waals surface area contributed by atoms with E-state index < -0.39 is 0 Å². The normalized spacial score (nSPS) is 28.1. The Morgan fingerprint density at radius 3 is 2.62 bits per heavy atom. The number of hydrogen-bond donors (Lipinski definition) is 0. The van der Waals surface area contributed by atoms with Crippen molar-refractivity contribution in [2.24, 2.45) is 5.92 Å². The van der Waals surface area contributed by atoms with Crippen LogP contribution in [0.15, 0.2) is 0 Å². The minimum absolute atomic E-state index is 0.312. The summed E-state index contributed by atoms with van der Waals surface area (Å²) in [6, 6.07) is 0. The van der Waals surface area contributed by atoms with Gasteiger partial charge in [0.25, 0.3) is 0 Å². The topological polar surface area (TPSA) is 23.6 Å². The van der Waals surface area contributed by atoms with Gasteiger partial charge in [0, 0.05) is 37.8 Å². The summed E-state index contributed by atoms with van der Waals surface area (Å²) < 4.78 is 0. The second kappa shape index (κ2) is 5.92. The van der Waals surface area contributed by atoms with Gasteiger partial charge in [0.1, 0.15) is 0 Å². The van der Waals surface area contributed by atoms with Crippen molar-refractivity contribution in [1.82, 2.24) is 9.80 Å². The van der Waals surface area contributed by atoms with Crippen LogP contribution in [0.2, 0.25) is 0 Å². The molecule has 3 nitrogen and oxygen atoms in total. The van der Waals surface area contributed by atoms with Crippen LogP contribution in [-0.2, 0) is 4.79 Å². The number of hydrogen-bond acceptors (Lipinski definition) is 3. The van der Waals surface area contributed by atoms with E-state index in [0.717, 1.165) is 44.9 Å². The smallest absolute Gasteiger partial charge is 0.226 e. The number of nitrogens with zero attached hydrogens (tertiary/aromatic N) is 2. The highest BCUT2D eigenvalue weighted by molar-refractivity contribution is 7.99. The van der Waals surface area contributed by atoms with Gasteiger partial charge in [0.2, 0.25) is 5.91 Å². The molecule has 2 fully saturated rings. The lowest BCUT2D eigenvalue weighted by atomic mass is 10.0. The maximum Gasteiger partial charge on any atom is 0.226 e. The lowest BCUT2D eigenvalue weighted by Crippen LogP contribution is -2.50. The third-order valence-electron chi connectivity index (χ3n) is 3.64. The number of amides is 1. The van der Waals surface area contributed by atoms with Crippen molar-refractivity contribution in [3.05, 3.63) is 0 Å². The third kappa shape index (κ3) is 2.92. The fourth-order valence-electron chi connectivity index (χ4n) is 2.48. The van der Waals surface area contributed by atoms with Crippen molar-refractivity contribution in [3.63, 3.8) is 0 Å². The van der Waals surface area contributed by atoms with Gasteiger partial charge in [-0.25, -0.2) is 0 Å². The SMILES string of the molecule is CCN1CCN(C(=O)C2CCCSC2)CC1. The Morgan fingerprint density at radius 1 is 1.31 bits per heavy atom. The summed E-state index contributed by atoms with van der Waals surface area (Å²) in [7, 11) is 0. The number of likely N-dealkylation sites (N-methyl/N-ethyl adjacent to an activating group) is 1. The van der Waals surface area contributed by atoms with Gasteiger partial charge in [-0.15, -0.1) is 0 Å². The van der Waals surface area contributed by atoms with Crippen molar-refractivity contribution >= 4 is 17.7 Å². The molecule has 2 saturated heterocycles. The van der Waals surface area contributed by atoms with Gasteiger partial charge < -0.3 is 9.80 Å². The molecule has 92 valence electrons. The summed E-state index contributed by atoms with van der Waals surface area (Å²) >= 11 is 1.94. The van der Waals surface area contributed by atoms with Crippen LogP contribution in [0.25, 0.3) is 0 Å². The molecule has 0 aliphatic carbocycles. The summed E-state index contributed by atoms with van der Waals surface area (Å²) in [5.41, 5.74) is 0. The first-order valence-electron chi connectivity index (χ1n) is 6.40. The van der Waals surface area contributed by atoms with E-state index in [0.29, 0.717) is 11.8 Å². The Bertz CT molecular complexity index is 233. The third-order valence-corrected chi connectivity index (χ3v) is 4.86. The number of piperazine rings is 1. The highest BCUT2D eigenvalue weighted by Gasteiger charge is 2.28. The molecular weight excluding hydrogens is 220 g/mol. The van der Waals surface area contributed by atoms with E-state index in [1.54, 1.807) is 0 Å². The highest BCUT2D eigenvalue weighted by Crippen LogP contribution is 2.24. The van der Waals surface area contributed by atoms with Crippen molar-refractivity contribution in [1.29, 1.82) is 0 Å². The van der Waals surface area contributed by atoms with E-state index in [1.807, 2.05) is 11.8 Å². The van der Waals surface area contributed by atoms with Crippen molar-refractivity contribution in [2.45, 2.75) is 19.8 Å². The predicted molar refractivity (Wildman–Crippen MR) is 68.7 cm³/mol. The van der Waals surface area contributed by atoms with Gasteiger partial charge in [-0.2, -0.15) is 11.8 Å². The highest BCUT2D eigenvalue weighted by atomic mass is 32.2. The lowest BCUT2D eigenvalue weighted by molar-refractivity contribution is -0.136. The molecule has 0 saturated carbocycles. The molecule has 2 aliphatic heterocycles. The zero-order valence-electron chi connectivity index (χ0n) is 10.2. The Morgan fingerprint density at radius 2 is 2.06 bits per heavy atom. The van der Waals surface area contributed by atoms with Gasteiger partial charge in [-0.1, -0.05) is 6.92 Å². The lowest BCUT2D eigenvalue weighted by Gasteiger charge is -2.36. The number of carbonyl (C=O) groups is 1. The summed E-state index contributed by atoms with van der Waals surface area (Å²) in [6.07, 6.45) is 2.33. The first-order chi connectivity index (χ1) is 7.81. The minimum atomic E-state index is 0.312. The van der Waals surface area contributed by atoms with Crippen LogP contribution >= 0.6 is 11.8 Å². The van der Waals surface area contributed by atoms with Crippen LogP contribution in [0.3, 0.4) is 0 Å². The monoisotopic (exact) mass is 242 g/mol. The molecule has 0 N–H and O–H groups in total. The molecular formula is C12H22N2OS. The maximum atomic E-state index is 12.2. The summed E-state index contributed by atoms with van der Waals surface area (Å²) in [5.74, 6) is 3.02. The maximum absolute atomic E-state index is 12.2. The summed E-state index contributed by atoms with van der Waals surface area (Å²) in [6.45, 7) is 7.29.